The Labute approximate surface area is 147 Å². The van der Waals surface area contributed by atoms with Crippen LogP contribution in [0.3, 0.4) is 0 Å². The molecule has 1 aromatic heterocycles. The molecule has 4 rings (SSSR count). The molecule has 1 aliphatic carbocycles. The molecule has 0 spiro atoms. The summed E-state index contributed by atoms with van der Waals surface area (Å²) in [6.07, 6.45) is 2.74. The zero-order valence-corrected chi connectivity index (χ0v) is 14.4. The Hall–Kier alpha value is -2.34. The number of ether oxygens (including phenoxy) is 1. The van der Waals surface area contributed by atoms with Crippen molar-refractivity contribution in [3.8, 4) is 0 Å². The van der Waals surface area contributed by atoms with Gasteiger partial charge in [0.1, 0.15) is 6.61 Å². The Balaban J connectivity index is 1.39. The second-order valence-electron chi connectivity index (χ2n) is 7.04. The number of nitrogens with zero attached hydrogens (tertiary/aromatic N) is 2. The molecule has 0 bridgehead atoms. The van der Waals surface area contributed by atoms with Gasteiger partial charge in [-0.15, -0.1) is 0 Å². The van der Waals surface area contributed by atoms with E-state index in [1.807, 2.05) is 48.3 Å². The number of hydrogen-bond donors (Lipinski definition) is 2. The number of piperidine rings is 1. The maximum absolute atomic E-state index is 12.2. The van der Waals surface area contributed by atoms with Crippen LogP contribution in [-0.2, 0) is 23.8 Å². The summed E-state index contributed by atoms with van der Waals surface area (Å²) in [4.78, 5) is 12.2. The van der Waals surface area contributed by atoms with Crippen molar-refractivity contribution < 1.29 is 9.53 Å². The summed E-state index contributed by atoms with van der Waals surface area (Å²) in [5.41, 5.74) is 2.01. The Morgan fingerprint density at radius 2 is 2.20 bits per heavy atom. The van der Waals surface area contributed by atoms with E-state index in [-0.39, 0.29) is 18.1 Å². The van der Waals surface area contributed by atoms with Crippen LogP contribution in [0.5, 0.6) is 0 Å². The zero-order chi connectivity index (χ0) is 17.3. The van der Waals surface area contributed by atoms with Crippen LogP contribution < -0.4 is 10.6 Å². The summed E-state index contributed by atoms with van der Waals surface area (Å²) in [6.45, 7) is 2.89. The van der Waals surface area contributed by atoms with Crippen LogP contribution in [0.4, 0.5) is 4.79 Å². The Morgan fingerprint density at radius 1 is 1.36 bits per heavy atom. The van der Waals surface area contributed by atoms with Crippen LogP contribution in [0.15, 0.2) is 42.6 Å². The van der Waals surface area contributed by atoms with Gasteiger partial charge in [-0.2, -0.15) is 5.10 Å². The lowest BCUT2D eigenvalue weighted by Crippen LogP contribution is -2.35. The number of aryl methyl sites for hydroxylation is 1. The highest BCUT2D eigenvalue weighted by atomic mass is 16.5. The monoisotopic (exact) mass is 340 g/mol. The molecule has 6 heteroatoms. The SMILES string of the molecule is Cn1ccc(C2(CNC(=O)OCc3ccccc3)C3CCNCC32)n1. The molecule has 3 unspecified atom stereocenters. The molecular weight excluding hydrogens is 316 g/mol. The molecule has 2 fully saturated rings. The molecule has 132 valence electrons. The maximum atomic E-state index is 12.2. The van der Waals surface area contributed by atoms with Gasteiger partial charge in [0.15, 0.2) is 0 Å². The number of benzene rings is 1. The molecule has 1 aliphatic heterocycles. The quantitative estimate of drug-likeness (QED) is 0.871. The average Bonchev–Trinajstić information content (AvgIpc) is 3.10. The number of hydrogen-bond acceptors (Lipinski definition) is 4. The fraction of sp³-hybridized carbons (Fsp3) is 0.474. The standard InChI is InChI=1S/C19H24N4O2/c1-23-10-8-17(22-23)19(15-7-9-20-11-16(15)19)13-21-18(24)25-12-14-5-3-2-4-6-14/h2-6,8,10,15-16,20H,7,9,11-13H2,1H3,(H,21,24). The molecule has 25 heavy (non-hydrogen) atoms. The average molecular weight is 340 g/mol. The lowest BCUT2D eigenvalue weighted by atomic mass is 9.97. The van der Waals surface area contributed by atoms with E-state index in [0.29, 0.717) is 18.4 Å². The highest BCUT2D eigenvalue weighted by Crippen LogP contribution is 2.61. The summed E-state index contributed by atoms with van der Waals surface area (Å²) in [5.74, 6) is 1.11. The van der Waals surface area contributed by atoms with Gasteiger partial charge in [-0.25, -0.2) is 4.79 Å². The Morgan fingerprint density at radius 3 is 2.88 bits per heavy atom. The van der Waals surface area contributed by atoms with Crippen molar-refractivity contribution in [3.05, 3.63) is 53.9 Å². The molecule has 0 radical (unpaired) electrons. The minimum absolute atomic E-state index is 0.0590. The first-order valence-electron chi connectivity index (χ1n) is 8.85. The lowest BCUT2D eigenvalue weighted by molar-refractivity contribution is 0.138. The topological polar surface area (TPSA) is 68.2 Å². The molecule has 1 amide bonds. The van der Waals surface area contributed by atoms with Crippen LogP contribution >= 0.6 is 0 Å². The molecule has 2 aromatic rings. The minimum atomic E-state index is -0.365. The summed E-state index contributed by atoms with van der Waals surface area (Å²) in [6, 6.07) is 11.8. The number of aromatic nitrogens is 2. The number of rotatable bonds is 5. The minimum Gasteiger partial charge on any atom is -0.445 e. The summed E-state index contributed by atoms with van der Waals surface area (Å²) >= 11 is 0. The molecular formula is C19H24N4O2. The Bertz CT molecular complexity index is 731. The lowest BCUT2D eigenvalue weighted by Gasteiger charge is -2.17. The van der Waals surface area contributed by atoms with E-state index in [0.717, 1.165) is 30.8 Å². The van der Waals surface area contributed by atoms with Gasteiger partial charge in [0, 0.05) is 25.2 Å². The largest absolute Gasteiger partial charge is 0.445 e. The van der Waals surface area contributed by atoms with Gasteiger partial charge in [0.25, 0.3) is 0 Å². The highest BCUT2D eigenvalue weighted by molar-refractivity contribution is 5.67. The van der Waals surface area contributed by atoms with E-state index in [9.17, 15) is 4.79 Å². The zero-order valence-electron chi connectivity index (χ0n) is 14.4. The van der Waals surface area contributed by atoms with E-state index >= 15 is 0 Å². The fourth-order valence-electron chi connectivity index (χ4n) is 4.29. The second-order valence-corrected chi connectivity index (χ2v) is 7.04. The number of amides is 1. The van der Waals surface area contributed by atoms with Crippen molar-refractivity contribution in [1.82, 2.24) is 20.4 Å². The van der Waals surface area contributed by atoms with Crippen LogP contribution in [0.25, 0.3) is 0 Å². The van der Waals surface area contributed by atoms with Crippen molar-refractivity contribution in [3.63, 3.8) is 0 Å². The summed E-state index contributed by atoms with van der Waals surface area (Å²) < 4.78 is 7.19. The Kier molecular flexibility index (Phi) is 4.21. The van der Waals surface area contributed by atoms with Crippen LogP contribution in [-0.4, -0.2) is 35.5 Å². The van der Waals surface area contributed by atoms with Gasteiger partial charge in [-0.1, -0.05) is 30.3 Å². The van der Waals surface area contributed by atoms with Gasteiger partial charge in [-0.05, 0) is 43.0 Å². The predicted octanol–water partition coefficient (Wildman–Crippen LogP) is 1.82. The number of nitrogens with one attached hydrogen (secondary N) is 2. The molecule has 2 heterocycles. The highest BCUT2D eigenvalue weighted by Gasteiger charge is 2.66. The van der Waals surface area contributed by atoms with E-state index in [2.05, 4.69) is 21.8 Å². The third-order valence-corrected chi connectivity index (χ3v) is 5.62. The van der Waals surface area contributed by atoms with Crippen molar-refractivity contribution >= 4 is 6.09 Å². The maximum Gasteiger partial charge on any atom is 0.407 e. The van der Waals surface area contributed by atoms with Crippen molar-refractivity contribution in [2.75, 3.05) is 19.6 Å². The molecule has 1 saturated heterocycles. The number of carbonyl (C=O) groups excluding carboxylic acids is 1. The van der Waals surface area contributed by atoms with E-state index < -0.39 is 0 Å². The summed E-state index contributed by atoms with van der Waals surface area (Å²) in [7, 11) is 1.93. The van der Waals surface area contributed by atoms with Crippen LogP contribution in [0.2, 0.25) is 0 Å². The fourth-order valence-corrected chi connectivity index (χ4v) is 4.29. The van der Waals surface area contributed by atoms with Gasteiger partial charge in [0.2, 0.25) is 0 Å². The van der Waals surface area contributed by atoms with Gasteiger partial charge >= 0.3 is 6.09 Å². The van der Waals surface area contributed by atoms with E-state index in [1.54, 1.807) is 0 Å². The molecule has 2 N–H and O–H groups in total. The predicted molar refractivity (Wildman–Crippen MR) is 94.0 cm³/mol. The molecule has 2 aliphatic rings. The first-order chi connectivity index (χ1) is 12.2. The number of alkyl carbamates (subject to hydrolysis) is 1. The number of fused-ring (bicyclic) bond motifs is 1. The van der Waals surface area contributed by atoms with Crippen LogP contribution in [0, 0.1) is 11.8 Å². The molecule has 6 nitrogen and oxygen atoms in total. The van der Waals surface area contributed by atoms with Crippen LogP contribution in [0.1, 0.15) is 17.7 Å². The smallest absolute Gasteiger partial charge is 0.407 e. The van der Waals surface area contributed by atoms with E-state index in [4.69, 9.17) is 4.74 Å². The van der Waals surface area contributed by atoms with Gasteiger partial charge < -0.3 is 15.4 Å². The molecule has 1 saturated carbocycles. The van der Waals surface area contributed by atoms with Crippen molar-refractivity contribution in [1.29, 1.82) is 0 Å². The third kappa shape index (κ3) is 3.02. The molecule has 1 aromatic carbocycles. The van der Waals surface area contributed by atoms with Gasteiger partial charge in [0.05, 0.1) is 5.69 Å². The summed E-state index contributed by atoms with van der Waals surface area (Å²) in [5, 5.41) is 11.1. The molecule has 3 atom stereocenters. The van der Waals surface area contributed by atoms with Gasteiger partial charge in [-0.3, -0.25) is 4.68 Å². The number of carbonyl (C=O) groups is 1. The van der Waals surface area contributed by atoms with E-state index in [1.165, 1.54) is 0 Å². The normalized spacial score (nSPS) is 27.4. The second kappa shape index (κ2) is 6.52. The third-order valence-electron chi connectivity index (χ3n) is 5.62. The van der Waals surface area contributed by atoms with Crippen molar-refractivity contribution in [2.24, 2.45) is 18.9 Å². The first-order valence-corrected chi connectivity index (χ1v) is 8.85. The first kappa shape index (κ1) is 16.1. The van der Waals surface area contributed by atoms with Crippen molar-refractivity contribution in [2.45, 2.75) is 18.4 Å².